The molecular formula is C20H23N3O3. The van der Waals surface area contributed by atoms with Gasteiger partial charge in [-0.2, -0.15) is 0 Å². The Labute approximate surface area is 153 Å². The van der Waals surface area contributed by atoms with E-state index in [9.17, 15) is 14.4 Å². The lowest BCUT2D eigenvalue weighted by atomic mass is 10.1. The smallest absolute Gasteiger partial charge is 0.251 e. The highest BCUT2D eigenvalue weighted by molar-refractivity contribution is 6.02. The van der Waals surface area contributed by atoms with Crippen LogP contribution in [0.2, 0.25) is 0 Å². The lowest BCUT2D eigenvalue weighted by Crippen LogP contribution is -2.41. The van der Waals surface area contributed by atoms with E-state index in [2.05, 4.69) is 16.0 Å². The van der Waals surface area contributed by atoms with E-state index in [1.807, 2.05) is 19.9 Å². The molecule has 0 unspecified atom stereocenters. The van der Waals surface area contributed by atoms with Gasteiger partial charge in [0.05, 0.1) is 0 Å². The van der Waals surface area contributed by atoms with Crippen LogP contribution in [0.3, 0.4) is 0 Å². The molecule has 0 aromatic heterocycles. The number of hydrogen-bond donors (Lipinski definition) is 3. The van der Waals surface area contributed by atoms with Crippen LogP contribution < -0.4 is 16.0 Å². The standard InChI is InChI=1S/C20H23N3O3/c1-4-21-19(25)16-9-6-10-17(12-16)23-18(24)14(3)22-20(26)15-8-5-7-13(2)11-15/h5-12,14H,4H2,1-3H3,(H,21,25)(H,22,26)(H,23,24)/t14-/m0/s1. The van der Waals surface area contributed by atoms with Crippen LogP contribution in [0.1, 0.15) is 40.1 Å². The van der Waals surface area contributed by atoms with Gasteiger partial charge in [0.1, 0.15) is 6.04 Å². The number of anilines is 1. The van der Waals surface area contributed by atoms with Crippen LogP contribution in [-0.4, -0.2) is 30.3 Å². The Morgan fingerprint density at radius 1 is 0.962 bits per heavy atom. The van der Waals surface area contributed by atoms with Gasteiger partial charge >= 0.3 is 0 Å². The summed E-state index contributed by atoms with van der Waals surface area (Å²) in [7, 11) is 0. The van der Waals surface area contributed by atoms with Crippen LogP contribution in [0.15, 0.2) is 48.5 Å². The average molecular weight is 353 g/mol. The van der Waals surface area contributed by atoms with Crippen molar-refractivity contribution in [2.45, 2.75) is 26.8 Å². The Balaban J connectivity index is 1.99. The Morgan fingerprint density at radius 3 is 2.27 bits per heavy atom. The summed E-state index contributed by atoms with van der Waals surface area (Å²) in [6, 6.07) is 13.1. The third kappa shape index (κ3) is 5.17. The van der Waals surface area contributed by atoms with E-state index in [0.29, 0.717) is 23.4 Å². The minimum Gasteiger partial charge on any atom is -0.352 e. The maximum atomic E-state index is 12.3. The second-order valence-corrected chi connectivity index (χ2v) is 5.99. The van der Waals surface area contributed by atoms with Gasteiger partial charge in [0, 0.05) is 23.4 Å². The van der Waals surface area contributed by atoms with Gasteiger partial charge in [-0.05, 0) is 51.1 Å². The molecule has 2 rings (SSSR count). The molecule has 136 valence electrons. The number of carbonyl (C=O) groups is 3. The number of amides is 3. The van der Waals surface area contributed by atoms with Crippen molar-refractivity contribution >= 4 is 23.4 Å². The van der Waals surface area contributed by atoms with Crippen molar-refractivity contribution in [3.05, 3.63) is 65.2 Å². The highest BCUT2D eigenvalue weighted by Gasteiger charge is 2.17. The highest BCUT2D eigenvalue weighted by Crippen LogP contribution is 2.11. The first-order valence-corrected chi connectivity index (χ1v) is 8.47. The molecule has 2 aromatic rings. The zero-order valence-electron chi connectivity index (χ0n) is 15.1. The first-order chi connectivity index (χ1) is 12.4. The lowest BCUT2D eigenvalue weighted by molar-refractivity contribution is -0.117. The normalized spacial score (nSPS) is 11.3. The zero-order chi connectivity index (χ0) is 19.1. The summed E-state index contributed by atoms with van der Waals surface area (Å²) in [6.07, 6.45) is 0. The molecule has 6 nitrogen and oxygen atoms in total. The summed E-state index contributed by atoms with van der Waals surface area (Å²) in [5.74, 6) is -0.879. The number of nitrogens with one attached hydrogen (secondary N) is 3. The molecule has 0 aliphatic heterocycles. The first-order valence-electron chi connectivity index (χ1n) is 8.47. The SMILES string of the molecule is CCNC(=O)c1cccc(NC(=O)[C@H](C)NC(=O)c2cccc(C)c2)c1. The molecule has 1 atom stereocenters. The summed E-state index contributed by atoms with van der Waals surface area (Å²) in [5, 5.41) is 8.09. The zero-order valence-corrected chi connectivity index (χ0v) is 15.1. The van der Waals surface area contributed by atoms with E-state index < -0.39 is 6.04 Å². The van der Waals surface area contributed by atoms with Gasteiger partial charge in [0.15, 0.2) is 0 Å². The molecule has 0 bridgehead atoms. The predicted octanol–water partition coefficient (Wildman–Crippen LogP) is 2.50. The summed E-state index contributed by atoms with van der Waals surface area (Å²) in [6.45, 7) is 5.87. The third-order valence-electron chi connectivity index (χ3n) is 3.75. The Hall–Kier alpha value is -3.15. The minimum atomic E-state index is -0.726. The quantitative estimate of drug-likeness (QED) is 0.746. The lowest BCUT2D eigenvalue weighted by Gasteiger charge is -2.15. The van der Waals surface area contributed by atoms with E-state index in [4.69, 9.17) is 0 Å². The van der Waals surface area contributed by atoms with Crippen molar-refractivity contribution in [1.29, 1.82) is 0 Å². The monoisotopic (exact) mass is 353 g/mol. The highest BCUT2D eigenvalue weighted by atomic mass is 16.2. The van der Waals surface area contributed by atoms with E-state index in [0.717, 1.165) is 5.56 Å². The molecule has 0 heterocycles. The molecule has 6 heteroatoms. The summed E-state index contributed by atoms with van der Waals surface area (Å²) < 4.78 is 0. The fraction of sp³-hybridized carbons (Fsp3) is 0.250. The summed E-state index contributed by atoms with van der Waals surface area (Å²) in [5.41, 5.74) is 2.43. The maximum Gasteiger partial charge on any atom is 0.251 e. The van der Waals surface area contributed by atoms with Gasteiger partial charge in [-0.1, -0.05) is 23.8 Å². The second-order valence-electron chi connectivity index (χ2n) is 5.99. The van der Waals surface area contributed by atoms with Crippen molar-refractivity contribution in [3.8, 4) is 0 Å². The molecule has 0 saturated carbocycles. The number of benzene rings is 2. The maximum absolute atomic E-state index is 12.3. The van der Waals surface area contributed by atoms with Crippen LogP contribution in [0, 0.1) is 6.92 Å². The van der Waals surface area contributed by atoms with Crippen molar-refractivity contribution in [2.75, 3.05) is 11.9 Å². The molecule has 26 heavy (non-hydrogen) atoms. The first kappa shape index (κ1) is 19.2. The van der Waals surface area contributed by atoms with E-state index >= 15 is 0 Å². The van der Waals surface area contributed by atoms with Gasteiger partial charge in [0.25, 0.3) is 11.8 Å². The molecule has 0 aliphatic carbocycles. The van der Waals surface area contributed by atoms with Gasteiger partial charge in [0.2, 0.25) is 5.91 Å². The van der Waals surface area contributed by atoms with Gasteiger partial charge in [-0.3, -0.25) is 14.4 Å². The van der Waals surface area contributed by atoms with Crippen molar-refractivity contribution in [3.63, 3.8) is 0 Å². The van der Waals surface area contributed by atoms with Crippen LogP contribution >= 0.6 is 0 Å². The van der Waals surface area contributed by atoms with Crippen LogP contribution in [-0.2, 0) is 4.79 Å². The summed E-state index contributed by atoms with van der Waals surface area (Å²) >= 11 is 0. The number of carbonyl (C=O) groups excluding carboxylic acids is 3. The molecule has 0 radical (unpaired) electrons. The summed E-state index contributed by atoms with van der Waals surface area (Å²) in [4.78, 5) is 36.4. The van der Waals surface area contributed by atoms with Gasteiger partial charge < -0.3 is 16.0 Å². The number of rotatable bonds is 6. The van der Waals surface area contributed by atoms with Gasteiger partial charge in [-0.15, -0.1) is 0 Å². The topological polar surface area (TPSA) is 87.3 Å². The van der Waals surface area contributed by atoms with Crippen molar-refractivity contribution in [1.82, 2.24) is 10.6 Å². The number of hydrogen-bond acceptors (Lipinski definition) is 3. The predicted molar refractivity (Wildman–Crippen MR) is 101 cm³/mol. The molecule has 0 spiro atoms. The molecule has 0 aliphatic rings. The van der Waals surface area contributed by atoms with Crippen LogP contribution in [0.5, 0.6) is 0 Å². The molecule has 2 aromatic carbocycles. The van der Waals surface area contributed by atoms with E-state index in [-0.39, 0.29) is 17.7 Å². The average Bonchev–Trinajstić information content (AvgIpc) is 2.62. The van der Waals surface area contributed by atoms with Crippen molar-refractivity contribution in [2.24, 2.45) is 0 Å². The number of aryl methyl sites for hydroxylation is 1. The molecular weight excluding hydrogens is 330 g/mol. The fourth-order valence-corrected chi connectivity index (χ4v) is 2.38. The van der Waals surface area contributed by atoms with Gasteiger partial charge in [-0.25, -0.2) is 0 Å². The second kappa shape index (κ2) is 8.80. The Morgan fingerprint density at radius 2 is 1.62 bits per heavy atom. The largest absolute Gasteiger partial charge is 0.352 e. The molecule has 3 N–H and O–H groups in total. The molecule has 0 fully saturated rings. The fourth-order valence-electron chi connectivity index (χ4n) is 2.38. The minimum absolute atomic E-state index is 0.204. The van der Waals surface area contributed by atoms with E-state index in [1.165, 1.54) is 0 Å². The van der Waals surface area contributed by atoms with E-state index in [1.54, 1.807) is 49.4 Å². The molecule has 3 amide bonds. The van der Waals surface area contributed by atoms with Crippen LogP contribution in [0.4, 0.5) is 5.69 Å². The Kier molecular flexibility index (Phi) is 6.49. The molecule has 0 saturated heterocycles. The third-order valence-corrected chi connectivity index (χ3v) is 3.75. The van der Waals surface area contributed by atoms with Crippen LogP contribution in [0.25, 0.3) is 0 Å². The Bertz CT molecular complexity index is 817. The van der Waals surface area contributed by atoms with Crippen molar-refractivity contribution < 1.29 is 14.4 Å².